The first-order chi connectivity index (χ1) is 8.67. The Balaban J connectivity index is 2.60. The highest BCUT2D eigenvalue weighted by atomic mass is 16.5. The number of rotatable bonds is 8. The van der Waals surface area contributed by atoms with Gasteiger partial charge in [0, 0.05) is 7.11 Å². The molecular weight excluding hydrogens is 228 g/mol. The Kier molecular flexibility index (Phi) is 6.44. The molecule has 0 aliphatic rings. The molecule has 1 atom stereocenters. The topological polar surface area (TPSA) is 46.5 Å². The summed E-state index contributed by atoms with van der Waals surface area (Å²) in [6.45, 7) is 2.18. The number of hydrogen-bond acceptors (Lipinski definition) is 2. The Morgan fingerprint density at radius 2 is 1.94 bits per heavy atom. The average molecular weight is 250 g/mol. The lowest BCUT2D eigenvalue weighted by Crippen LogP contribution is -2.03. The van der Waals surface area contributed by atoms with Crippen molar-refractivity contribution in [3.05, 3.63) is 35.4 Å². The molecule has 0 amide bonds. The molecule has 0 radical (unpaired) electrons. The number of aliphatic carboxylic acids is 1. The molecule has 1 rings (SSSR count). The van der Waals surface area contributed by atoms with Gasteiger partial charge in [-0.3, -0.25) is 4.79 Å². The minimum atomic E-state index is -0.797. The van der Waals surface area contributed by atoms with Crippen LogP contribution in [0.2, 0.25) is 0 Å². The van der Waals surface area contributed by atoms with Gasteiger partial charge in [0.05, 0.1) is 12.5 Å². The molecule has 3 nitrogen and oxygen atoms in total. The monoisotopic (exact) mass is 250 g/mol. The lowest BCUT2D eigenvalue weighted by atomic mass is 10.0. The van der Waals surface area contributed by atoms with E-state index in [0.29, 0.717) is 0 Å². The highest BCUT2D eigenvalue weighted by Crippen LogP contribution is 2.23. The number of benzene rings is 1. The molecule has 0 bridgehead atoms. The van der Waals surface area contributed by atoms with Gasteiger partial charge in [0.25, 0.3) is 0 Å². The molecule has 0 saturated carbocycles. The predicted octanol–water partition coefficient (Wildman–Crippen LogP) is 3.58. The lowest BCUT2D eigenvalue weighted by molar-refractivity contribution is -0.136. The van der Waals surface area contributed by atoms with Crippen molar-refractivity contribution in [2.75, 3.05) is 7.11 Å². The van der Waals surface area contributed by atoms with Crippen LogP contribution in [0.5, 0.6) is 0 Å². The summed E-state index contributed by atoms with van der Waals surface area (Å²) >= 11 is 0. The van der Waals surface area contributed by atoms with Crippen LogP contribution < -0.4 is 0 Å². The van der Waals surface area contributed by atoms with Crippen LogP contribution in [0.1, 0.15) is 49.8 Å². The Morgan fingerprint density at radius 3 is 2.44 bits per heavy atom. The van der Waals surface area contributed by atoms with Gasteiger partial charge in [0.15, 0.2) is 0 Å². The van der Waals surface area contributed by atoms with Gasteiger partial charge < -0.3 is 9.84 Å². The lowest BCUT2D eigenvalue weighted by Gasteiger charge is -2.15. The van der Waals surface area contributed by atoms with Crippen molar-refractivity contribution in [3.8, 4) is 0 Å². The zero-order valence-electron chi connectivity index (χ0n) is 11.2. The number of hydrogen-bond donors (Lipinski definition) is 1. The number of unbranched alkanes of at least 4 members (excludes halogenated alkanes) is 2. The minimum Gasteiger partial charge on any atom is -0.481 e. The van der Waals surface area contributed by atoms with Crippen molar-refractivity contribution in [1.29, 1.82) is 0 Å². The fourth-order valence-corrected chi connectivity index (χ4v) is 2.03. The van der Waals surface area contributed by atoms with E-state index in [1.807, 2.05) is 24.3 Å². The van der Waals surface area contributed by atoms with E-state index in [4.69, 9.17) is 9.84 Å². The number of carboxylic acids is 1. The zero-order chi connectivity index (χ0) is 13.4. The maximum absolute atomic E-state index is 10.6. The molecule has 0 aliphatic carbocycles. The molecule has 0 heterocycles. The first-order valence-corrected chi connectivity index (χ1v) is 6.50. The third-order valence-corrected chi connectivity index (χ3v) is 3.06. The molecular formula is C15H22O3. The van der Waals surface area contributed by atoms with Crippen LogP contribution in [0, 0.1) is 0 Å². The fraction of sp³-hybridized carbons (Fsp3) is 0.533. The number of methoxy groups -OCH3 is 1. The highest BCUT2D eigenvalue weighted by Gasteiger charge is 2.10. The summed E-state index contributed by atoms with van der Waals surface area (Å²) < 4.78 is 5.49. The molecule has 1 N–H and O–H groups in total. The predicted molar refractivity (Wildman–Crippen MR) is 71.7 cm³/mol. The van der Waals surface area contributed by atoms with Crippen LogP contribution >= 0.6 is 0 Å². The van der Waals surface area contributed by atoms with Crippen LogP contribution in [0.4, 0.5) is 0 Å². The quantitative estimate of drug-likeness (QED) is 0.717. The van der Waals surface area contributed by atoms with E-state index in [9.17, 15) is 4.79 Å². The number of carbonyl (C=O) groups is 1. The van der Waals surface area contributed by atoms with E-state index >= 15 is 0 Å². The van der Waals surface area contributed by atoms with Gasteiger partial charge in [0.2, 0.25) is 0 Å². The Morgan fingerprint density at radius 1 is 1.28 bits per heavy atom. The first kappa shape index (κ1) is 14.7. The standard InChI is InChI=1S/C15H22O3/c1-3-4-5-6-14(18-2)13-9-7-12(8-10-13)11-15(16)17/h7-10,14H,3-6,11H2,1-2H3,(H,16,17)/t14-/m1/s1. The third kappa shape index (κ3) is 4.88. The third-order valence-electron chi connectivity index (χ3n) is 3.06. The van der Waals surface area contributed by atoms with E-state index in [-0.39, 0.29) is 12.5 Å². The van der Waals surface area contributed by atoms with Crippen LogP contribution in [-0.4, -0.2) is 18.2 Å². The molecule has 100 valence electrons. The largest absolute Gasteiger partial charge is 0.481 e. The van der Waals surface area contributed by atoms with Crippen molar-refractivity contribution in [2.45, 2.75) is 45.1 Å². The molecule has 0 fully saturated rings. The van der Waals surface area contributed by atoms with Crippen molar-refractivity contribution >= 4 is 5.97 Å². The Bertz CT molecular complexity index is 357. The minimum absolute atomic E-state index is 0.0771. The number of ether oxygens (including phenoxy) is 1. The zero-order valence-corrected chi connectivity index (χ0v) is 11.2. The van der Waals surface area contributed by atoms with E-state index in [1.54, 1.807) is 7.11 Å². The first-order valence-electron chi connectivity index (χ1n) is 6.50. The molecule has 1 aromatic rings. The van der Waals surface area contributed by atoms with Crippen molar-refractivity contribution in [1.82, 2.24) is 0 Å². The highest BCUT2D eigenvalue weighted by molar-refractivity contribution is 5.70. The number of carboxylic acid groups (broad SMARTS) is 1. The molecule has 0 unspecified atom stereocenters. The van der Waals surface area contributed by atoms with E-state index < -0.39 is 5.97 Å². The SMILES string of the molecule is CCCCC[C@@H](OC)c1ccc(CC(=O)O)cc1. The van der Waals surface area contributed by atoms with Crippen LogP contribution in [0.15, 0.2) is 24.3 Å². The molecule has 0 spiro atoms. The van der Waals surface area contributed by atoms with E-state index in [2.05, 4.69) is 6.92 Å². The second-order valence-electron chi connectivity index (χ2n) is 4.53. The fourth-order valence-electron chi connectivity index (χ4n) is 2.03. The van der Waals surface area contributed by atoms with E-state index in [1.165, 1.54) is 12.8 Å². The summed E-state index contributed by atoms with van der Waals surface area (Å²) in [4.78, 5) is 10.6. The van der Waals surface area contributed by atoms with E-state index in [0.717, 1.165) is 24.0 Å². The molecule has 3 heteroatoms. The van der Waals surface area contributed by atoms with Crippen LogP contribution in [-0.2, 0) is 16.0 Å². The summed E-state index contributed by atoms with van der Waals surface area (Å²) in [5.41, 5.74) is 1.96. The molecule has 0 saturated heterocycles. The maximum Gasteiger partial charge on any atom is 0.307 e. The normalized spacial score (nSPS) is 12.3. The second-order valence-corrected chi connectivity index (χ2v) is 4.53. The van der Waals surface area contributed by atoms with Gasteiger partial charge in [-0.25, -0.2) is 0 Å². The molecule has 0 aliphatic heterocycles. The van der Waals surface area contributed by atoms with Gasteiger partial charge in [-0.2, -0.15) is 0 Å². The summed E-state index contributed by atoms with van der Waals surface area (Å²) in [6.07, 6.45) is 4.79. The van der Waals surface area contributed by atoms with Gasteiger partial charge in [0.1, 0.15) is 0 Å². The van der Waals surface area contributed by atoms with Crippen LogP contribution in [0.3, 0.4) is 0 Å². The van der Waals surface area contributed by atoms with Gasteiger partial charge >= 0.3 is 5.97 Å². The van der Waals surface area contributed by atoms with Crippen LogP contribution in [0.25, 0.3) is 0 Å². The molecule has 0 aromatic heterocycles. The summed E-state index contributed by atoms with van der Waals surface area (Å²) in [5.74, 6) is -0.797. The summed E-state index contributed by atoms with van der Waals surface area (Å²) in [5, 5.41) is 8.71. The Labute approximate surface area is 109 Å². The average Bonchev–Trinajstić information content (AvgIpc) is 2.35. The van der Waals surface area contributed by atoms with Crippen molar-refractivity contribution < 1.29 is 14.6 Å². The summed E-state index contributed by atoms with van der Waals surface area (Å²) in [7, 11) is 1.72. The second kappa shape index (κ2) is 7.88. The molecule has 18 heavy (non-hydrogen) atoms. The maximum atomic E-state index is 10.6. The van der Waals surface area contributed by atoms with Gasteiger partial charge in [-0.1, -0.05) is 50.5 Å². The van der Waals surface area contributed by atoms with Crippen molar-refractivity contribution in [3.63, 3.8) is 0 Å². The molecule has 1 aromatic carbocycles. The van der Waals surface area contributed by atoms with Gasteiger partial charge in [-0.05, 0) is 17.5 Å². The Hall–Kier alpha value is -1.35. The summed E-state index contributed by atoms with van der Waals surface area (Å²) in [6, 6.07) is 7.68. The van der Waals surface area contributed by atoms with Gasteiger partial charge in [-0.15, -0.1) is 0 Å². The smallest absolute Gasteiger partial charge is 0.307 e. The van der Waals surface area contributed by atoms with Crippen molar-refractivity contribution in [2.24, 2.45) is 0 Å².